The number of carbonyl (C=O) groups excluding carboxylic acids is 1. The van der Waals surface area contributed by atoms with E-state index in [4.69, 9.17) is 4.74 Å². The standard InChI is InChI=1S/C27H48N2O5.ClH/c1-2-3-5-8-28-26(33)23-25(32)24(31)22(17-30)29(23)9-6-4-7-10-34-18-27-14-19-11-20(15-27)13-21(12-19)16-27;/h19-25,30-32H,2-18H2,1H3,(H,28,33);1H/t19?,20?,21?,22-,23+,24+,25-,27?;/m1./s1. The number of carbonyl (C=O) groups is 1. The fourth-order valence-electron chi connectivity index (χ4n) is 7.96. The van der Waals surface area contributed by atoms with Gasteiger partial charge in [-0.1, -0.05) is 19.8 Å². The van der Waals surface area contributed by atoms with Gasteiger partial charge in [0.1, 0.15) is 12.1 Å². The SMILES string of the molecule is CCCCCNC(=O)[C@@H]1[C@@H](O)[C@@H](O)[C@@H](CO)N1CCCCCOCC12CC3CC(CC(C3)C1)C2.Cl. The lowest BCUT2D eigenvalue weighted by Crippen LogP contribution is -2.50. The minimum atomic E-state index is -1.17. The first-order chi connectivity index (χ1) is 16.5. The number of amides is 1. The maximum absolute atomic E-state index is 12.7. The van der Waals surface area contributed by atoms with Crippen molar-refractivity contribution >= 4 is 18.3 Å². The summed E-state index contributed by atoms with van der Waals surface area (Å²) >= 11 is 0. The summed E-state index contributed by atoms with van der Waals surface area (Å²) in [5, 5.41) is 33.6. The molecule has 8 heteroatoms. The van der Waals surface area contributed by atoms with Gasteiger partial charge >= 0.3 is 0 Å². The smallest absolute Gasteiger partial charge is 0.240 e. The van der Waals surface area contributed by atoms with E-state index in [0.29, 0.717) is 18.5 Å². The maximum atomic E-state index is 12.7. The molecule has 0 aromatic heterocycles. The zero-order valence-corrected chi connectivity index (χ0v) is 22.4. The van der Waals surface area contributed by atoms with Crippen molar-refractivity contribution in [3.63, 3.8) is 0 Å². The number of halogens is 1. The molecule has 1 heterocycles. The van der Waals surface area contributed by atoms with Gasteiger partial charge in [0.25, 0.3) is 0 Å². The zero-order valence-electron chi connectivity index (χ0n) is 21.6. The minimum absolute atomic E-state index is 0. The Morgan fingerprint density at radius 3 is 2.23 bits per heavy atom. The molecular weight excluding hydrogens is 468 g/mol. The molecule has 0 aromatic rings. The van der Waals surface area contributed by atoms with Gasteiger partial charge in [-0.3, -0.25) is 9.69 Å². The van der Waals surface area contributed by atoms with Crippen LogP contribution in [0.2, 0.25) is 0 Å². The highest BCUT2D eigenvalue weighted by atomic mass is 35.5. The monoisotopic (exact) mass is 516 g/mol. The van der Waals surface area contributed by atoms with Crippen molar-refractivity contribution in [3.05, 3.63) is 0 Å². The number of aliphatic hydroxyl groups excluding tert-OH is 3. The molecule has 0 spiro atoms. The lowest BCUT2D eigenvalue weighted by Gasteiger charge is -2.56. The van der Waals surface area contributed by atoms with Crippen LogP contribution in [0.25, 0.3) is 0 Å². The molecule has 4 saturated carbocycles. The van der Waals surface area contributed by atoms with Gasteiger partial charge in [-0.15, -0.1) is 12.4 Å². The van der Waals surface area contributed by atoms with E-state index < -0.39 is 24.3 Å². The van der Waals surface area contributed by atoms with E-state index in [1.54, 1.807) is 4.90 Å². The van der Waals surface area contributed by atoms with Gasteiger partial charge in [-0.05, 0) is 93.9 Å². The van der Waals surface area contributed by atoms with Crippen molar-refractivity contribution < 1.29 is 24.9 Å². The highest BCUT2D eigenvalue weighted by molar-refractivity contribution is 5.85. The molecule has 5 rings (SSSR count). The molecule has 0 aromatic carbocycles. The zero-order chi connectivity index (χ0) is 24.1. The minimum Gasteiger partial charge on any atom is -0.395 e. The molecule has 35 heavy (non-hydrogen) atoms. The molecule has 1 amide bonds. The first-order valence-electron chi connectivity index (χ1n) is 14.0. The molecule has 0 unspecified atom stereocenters. The molecule has 7 nitrogen and oxygen atoms in total. The van der Waals surface area contributed by atoms with Gasteiger partial charge < -0.3 is 25.4 Å². The number of nitrogens with zero attached hydrogens (tertiary/aromatic N) is 1. The Kier molecular flexibility index (Phi) is 11.1. The summed E-state index contributed by atoms with van der Waals surface area (Å²) in [6.07, 6.45) is 12.0. The van der Waals surface area contributed by atoms with Gasteiger partial charge in [0.2, 0.25) is 5.91 Å². The van der Waals surface area contributed by atoms with Crippen LogP contribution < -0.4 is 5.32 Å². The van der Waals surface area contributed by atoms with Gasteiger partial charge in [-0.2, -0.15) is 0 Å². The molecule has 0 radical (unpaired) electrons. The third kappa shape index (κ3) is 6.91. The average Bonchev–Trinajstić information content (AvgIpc) is 3.04. The van der Waals surface area contributed by atoms with Crippen LogP contribution in [-0.2, 0) is 9.53 Å². The number of ether oxygens (including phenoxy) is 1. The number of unbranched alkanes of at least 4 members (excludes halogenated alkanes) is 4. The number of rotatable bonds is 14. The van der Waals surface area contributed by atoms with E-state index in [1.807, 2.05) is 0 Å². The summed E-state index contributed by atoms with van der Waals surface area (Å²) in [7, 11) is 0. The number of hydrogen-bond donors (Lipinski definition) is 4. The van der Waals surface area contributed by atoms with Gasteiger partial charge in [0.05, 0.1) is 25.4 Å². The third-order valence-corrected chi connectivity index (χ3v) is 9.16. The third-order valence-electron chi connectivity index (χ3n) is 9.16. The average molecular weight is 517 g/mol. The number of hydrogen-bond acceptors (Lipinski definition) is 6. The molecule has 1 saturated heterocycles. The molecule has 5 aliphatic rings. The molecule has 204 valence electrons. The summed E-state index contributed by atoms with van der Waals surface area (Å²) in [6.45, 7) is 4.68. The van der Waals surface area contributed by atoms with Crippen molar-refractivity contribution in [1.29, 1.82) is 0 Å². The quantitative estimate of drug-likeness (QED) is 0.265. The summed E-state index contributed by atoms with van der Waals surface area (Å²) in [4.78, 5) is 14.6. The fourth-order valence-corrected chi connectivity index (χ4v) is 7.96. The second kappa shape index (κ2) is 13.4. The lowest BCUT2D eigenvalue weighted by atomic mass is 9.50. The normalized spacial score (nSPS) is 38.0. The highest BCUT2D eigenvalue weighted by Gasteiger charge is 2.51. The number of aliphatic hydroxyl groups is 3. The summed E-state index contributed by atoms with van der Waals surface area (Å²) in [5.74, 6) is 2.62. The van der Waals surface area contributed by atoms with Crippen molar-refractivity contribution in [2.24, 2.45) is 23.2 Å². The van der Waals surface area contributed by atoms with Crippen LogP contribution in [0.15, 0.2) is 0 Å². The first-order valence-corrected chi connectivity index (χ1v) is 14.0. The Morgan fingerprint density at radius 1 is 0.971 bits per heavy atom. The summed E-state index contributed by atoms with van der Waals surface area (Å²) < 4.78 is 6.19. The Morgan fingerprint density at radius 2 is 1.63 bits per heavy atom. The Labute approximate surface area is 217 Å². The lowest BCUT2D eigenvalue weighted by molar-refractivity contribution is -0.129. The molecule has 4 N–H and O–H groups in total. The predicted octanol–water partition coefficient (Wildman–Crippen LogP) is 2.88. The van der Waals surface area contributed by atoms with Crippen molar-refractivity contribution in [2.75, 3.05) is 32.9 Å². The molecule has 4 bridgehead atoms. The van der Waals surface area contributed by atoms with E-state index in [0.717, 1.165) is 69.5 Å². The van der Waals surface area contributed by atoms with Gasteiger partial charge in [-0.25, -0.2) is 0 Å². The molecular formula is C27H49ClN2O5. The van der Waals surface area contributed by atoms with E-state index in [-0.39, 0.29) is 24.9 Å². The first kappa shape index (κ1) is 29.1. The number of nitrogens with one attached hydrogen (secondary N) is 1. The Balaban J connectivity index is 0.00000342. The molecule has 1 aliphatic heterocycles. The van der Waals surface area contributed by atoms with E-state index in [1.165, 1.54) is 38.5 Å². The Bertz CT molecular complexity index is 630. The van der Waals surface area contributed by atoms with E-state index in [2.05, 4.69) is 12.2 Å². The maximum Gasteiger partial charge on any atom is 0.240 e. The second-order valence-corrected chi connectivity index (χ2v) is 11.9. The largest absolute Gasteiger partial charge is 0.395 e. The van der Waals surface area contributed by atoms with Gasteiger partial charge in [0, 0.05) is 13.2 Å². The van der Waals surface area contributed by atoms with Crippen LogP contribution in [0, 0.1) is 23.2 Å². The highest BCUT2D eigenvalue weighted by Crippen LogP contribution is 2.60. The van der Waals surface area contributed by atoms with Crippen LogP contribution in [0.1, 0.15) is 84.0 Å². The van der Waals surface area contributed by atoms with Gasteiger partial charge in [0.15, 0.2) is 0 Å². The summed E-state index contributed by atoms with van der Waals surface area (Å²) in [5.41, 5.74) is 0.461. The molecule has 4 atom stereocenters. The van der Waals surface area contributed by atoms with Crippen LogP contribution in [0.4, 0.5) is 0 Å². The fraction of sp³-hybridized carbons (Fsp3) is 0.963. The second-order valence-electron chi connectivity index (χ2n) is 11.9. The van der Waals surface area contributed by atoms with Crippen molar-refractivity contribution in [1.82, 2.24) is 10.2 Å². The van der Waals surface area contributed by atoms with Crippen molar-refractivity contribution in [3.8, 4) is 0 Å². The molecule has 5 fully saturated rings. The Hall–Kier alpha value is -0.440. The van der Waals surface area contributed by atoms with E-state index in [9.17, 15) is 20.1 Å². The number of likely N-dealkylation sites (tertiary alicyclic amines) is 1. The molecule has 4 aliphatic carbocycles. The van der Waals surface area contributed by atoms with Crippen LogP contribution in [-0.4, -0.2) is 83.3 Å². The van der Waals surface area contributed by atoms with Crippen LogP contribution in [0.3, 0.4) is 0 Å². The van der Waals surface area contributed by atoms with Crippen LogP contribution in [0.5, 0.6) is 0 Å². The van der Waals surface area contributed by atoms with Crippen LogP contribution >= 0.6 is 12.4 Å². The predicted molar refractivity (Wildman–Crippen MR) is 138 cm³/mol. The van der Waals surface area contributed by atoms with E-state index >= 15 is 0 Å². The van der Waals surface area contributed by atoms with Crippen molar-refractivity contribution in [2.45, 2.75) is 108 Å². The summed E-state index contributed by atoms with van der Waals surface area (Å²) in [6, 6.07) is -1.41. The topological polar surface area (TPSA) is 102 Å².